The zero-order valence-electron chi connectivity index (χ0n) is 10.3. The van der Waals surface area contributed by atoms with Crippen LogP contribution in [0.2, 0.25) is 0 Å². The minimum Gasteiger partial charge on any atom is -0.383 e. The van der Waals surface area contributed by atoms with Gasteiger partial charge < -0.3 is 10.1 Å². The van der Waals surface area contributed by atoms with Crippen molar-refractivity contribution in [3.8, 4) is 0 Å². The molecule has 0 radical (unpaired) electrons. The van der Waals surface area contributed by atoms with Crippen LogP contribution in [0.25, 0.3) is 0 Å². The van der Waals surface area contributed by atoms with Gasteiger partial charge in [0.15, 0.2) is 0 Å². The molecule has 1 aromatic rings. The van der Waals surface area contributed by atoms with Gasteiger partial charge in [0, 0.05) is 13.2 Å². The molecule has 0 aromatic heterocycles. The predicted molar refractivity (Wildman–Crippen MR) is 67.2 cm³/mol. The van der Waals surface area contributed by atoms with Gasteiger partial charge in [-0.15, -0.1) is 0 Å². The number of carbonyl (C=O) groups is 1. The van der Waals surface area contributed by atoms with E-state index in [1.165, 1.54) is 25.3 Å². The highest BCUT2D eigenvalue weighted by atomic mass is 32.2. The molecule has 0 heterocycles. The molecule has 0 aliphatic carbocycles. The van der Waals surface area contributed by atoms with E-state index in [4.69, 9.17) is 4.74 Å². The van der Waals surface area contributed by atoms with Crippen LogP contribution in [0.3, 0.4) is 0 Å². The lowest BCUT2D eigenvalue weighted by Crippen LogP contribution is -2.38. The number of methoxy groups -OCH3 is 1. The van der Waals surface area contributed by atoms with Gasteiger partial charge in [0.05, 0.1) is 22.3 Å². The van der Waals surface area contributed by atoms with Crippen molar-refractivity contribution in [3.05, 3.63) is 30.1 Å². The number of hydrogen-bond acceptors (Lipinski definition) is 3. The van der Waals surface area contributed by atoms with E-state index in [1.54, 1.807) is 13.0 Å². The molecular weight excluding hydrogens is 257 g/mol. The number of carbonyl (C=O) groups excluding carboxylic acids is 1. The van der Waals surface area contributed by atoms with Gasteiger partial charge in [-0.2, -0.15) is 0 Å². The zero-order chi connectivity index (χ0) is 13.5. The van der Waals surface area contributed by atoms with Crippen LogP contribution in [0.15, 0.2) is 29.2 Å². The van der Waals surface area contributed by atoms with E-state index in [0.717, 1.165) is 0 Å². The fraction of sp³-hybridized carbons (Fsp3) is 0.417. The number of rotatable bonds is 6. The molecule has 1 N–H and O–H groups in total. The molecule has 4 nitrogen and oxygen atoms in total. The third-order valence-corrected chi connectivity index (χ3v) is 3.51. The molecule has 0 spiro atoms. The monoisotopic (exact) mass is 273 g/mol. The number of amides is 1. The van der Waals surface area contributed by atoms with Crippen molar-refractivity contribution in [2.24, 2.45) is 0 Å². The summed E-state index contributed by atoms with van der Waals surface area (Å²) >= 11 is 0. The summed E-state index contributed by atoms with van der Waals surface area (Å²) < 4.78 is 30.0. The van der Waals surface area contributed by atoms with Gasteiger partial charge >= 0.3 is 0 Å². The van der Waals surface area contributed by atoms with Crippen LogP contribution < -0.4 is 5.32 Å². The molecule has 1 rings (SSSR count). The Labute approximate surface area is 108 Å². The Morgan fingerprint density at radius 1 is 1.50 bits per heavy atom. The summed E-state index contributed by atoms with van der Waals surface area (Å²) in [5, 5.41) is 2.62. The lowest BCUT2D eigenvalue weighted by atomic mass is 10.3. The van der Waals surface area contributed by atoms with Crippen molar-refractivity contribution in [3.63, 3.8) is 0 Å². The maximum Gasteiger partial charge on any atom is 0.233 e. The molecule has 2 atom stereocenters. The predicted octanol–water partition coefficient (Wildman–Crippen LogP) is 1.08. The summed E-state index contributed by atoms with van der Waals surface area (Å²) in [7, 11) is -0.145. The molecule has 18 heavy (non-hydrogen) atoms. The number of nitrogens with one attached hydrogen (secondary N) is 1. The van der Waals surface area contributed by atoms with E-state index in [2.05, 4.69) is 5.32 Å². The zero-order valence-corrected chi connectivity index (χ0v) is 11.1. The molecule has 0 aliphatic heterocycles. The number of halogens is 1. The second-order valence-electron chi connectivity index (χ2n) is 3.84. The topological polar surface area (TPSA) is 55.4 Å². The Morgan fingerprint density at radius 2 is 2.17 bits per heavy atom. The maximum absolute atomic E-state index is 13.3. The molecule has 100 valence electrons. The molecule has 0 saturated carbocycles. The van der Waals surface area contributed by atoms with E-state index in [1.807, 2.05) is 0 Å². The molecule has 1 aromatic carbocycles. The van der Waals surface area contributed by atoms with Crippen molar-refractivity contribution in [2.75, 3.05) is 19.5 Å². The smallest absolute Gasteiger partial charge is 0.233 e. The lowest BCUT2D eigenvalue weighted by Gasteiger charge is -2.12. The molecule has 0 aliphatic rings. The van der Waals surface area contributed by atoms with Crippen molar-refractivity contribution >= 4 is 16.7 Å². The van der Waals surface area contributed by atoms with E-state index in [-0.39, 0.29) is 22.6 Å². The van der Waals surface area contributed by atoms with E-state index in [9.17, 15) is 13.4 Å². The molecule has 1 amide bonds. The largest absolute Gasteiger partial charge is 0.383 e. The first kappa shape index (κ1) is 14.8. The molecule has 2 unspecified atom stereocenters. The minimum absolute atomic E-state index is 0.0482. The highest BCUT2D eigenvalue weighted by Crippen LogP contribution is 2.11. The normalized spacial score (nSPS) is 13.9. The van der Waals surface area contributed by atoms with Gasteiger partial charge in [0.25, 0.3) is 0 Å². The second kappa shape index (κ2) is 7.23. The lowest BCUT2D eigenvalue weighted by molar-refractivity contribution is -0.119. The van der Waals surface area contributed by atoms with E-state index >= 15 is 0 Å². The molecular formula is C12H16FNO3S. The Hall–Kier alpha value is -1.27. The summed E-state index contributed by atoms with van der Waals surface area (Å²) in [6.45, 7) is 2.14. The fourth-order valence-electron chi connectivity index (χ4n) is 1.43. The summed E-state index contributed by atoms with van der Waals surface area (Å²) in [4.78, 5) is 11.6. The SMILES string of the molecule is COCC(C)NC(=O)CS(=O)c1ccccc1F. The van der Waals surface area contributed by atoms with Crippen LogP contribution in [0, 0.1) is 5.82 Å². The average Bonchev–Trinajstić information content (AvgIpc) is 2.29. The summed E-state index contributed by atoms with van der Waals surface area (Å²) in [5.41, 5.74) is 0. The number of ether oxygens (including phenoxy) is 1. The van der Waals surface area contributed by atoms with Gasteiger partial charge in [-0.25, -0.2) is 4.39 Å². The van der Waals surface area contributed by atoms with Crippen molar-refractivity contribution in [2.45, 2.75) is 17.9 Å². The molecule has 0 bridgehead atoms. The van der Waals surface area contributed by atoms with Gasteiger partial charge in [-0.1, -0.05) is 12.1 Å². The first-order chi connectivity index (χ1) is 8.54. The standard InChI is InChI=1S/C12H16FNO3S/c1-9(7-17-2)14-12(15)8-18(16)11-6-4-3-5-10(11)13/h3-6,9H,7-8H2,1-2H3,(H,14,15). The van der Waals surface area contributed by atoms with E-state index in [0.29, 0.717) is 6.61 Å². The quantitative estimate of drug-likeness (QED) is 0.844. The third kappa shape index (κ3) is 4.54. The highest BCUT2D eigenvalue weighted by Gasteiger charge is 2.15. The van der Waals surface area contributed by atoms with Crippen LogP contribution in [0.1, 0.15) is 6.92 Å². The average molecular weight is 273 g/mol. The van der Waals surface area contributed by atoms with Gasteiger partial charge in [0.1, 0.15) is 11.6 Å². The first-order valence-electron chi connectivity index (χ1n) is 5.45. The Balaban J connectivity index is 2.55. The van der Waals surface area contributed by atoms with Crippen LogP contribution in [-0.2, 0) is 20.3 Å². The van der Waals surface area contributed by atoms with Crippen molar-refractivity contribution < 1.29 is 18.1 Å². The summed E-state index contributed by atoms with van der Waals surface area (Å²) in [6, 6.07) is 5.56. The van der Waals surface area contributed by atoms with Crippen LogP contribution in [0.5, 0.6) is 0 Å². The maximum atomic E-state index is 13.3. The first-order valence-corrected chi connectivity index (χ1v) is 6.77. The Kier molecular flexibility index (Phi) is 5.94. The molecule has 6 heteroatoms. The second-order valence-corrected chi connectivity index (χ2v) is 5.26. The number of hydrogen-bond donors (Lipinski definition) is 1. The minimum atomic E-state index is -1.67. The van der Waals surface area contributed by atoms with Crippen molar-refractivity contribution in [1.29, 1.82) is 0 Å². The Morgan fingerprint density at radius 3 is 2.78 bits per heavy atom. The van der Waals surface area contributed by atoms with Crippen LogP contribution >= 0.6 is 0 Å². The Bertz CT molecular complexity index is 439. The van der Waals surface area contributed by atoms with Gasteiger partial charge in [0.2, 0.25) is 5.91 Å². The third-order valence-electron chi connectivity index (χ3n) is 2.17. The van der Waals surface area contributed by atoms with Crippen LogP contribution in [0.4, 0.5) is 4.39 Å². The van der Waals surface area contributed by atoms with Crippen LogP contribution in [-0.4, -0.2) is 35.6 Å². The molecule has 0 fully saturated rings. The van der Waals surface area contributed by atoms with Gasteiger partial charge in [-0.05, 0) is 19.1 Å². The fourth-order valence-corrected chi connectivity index (χ4v) is 2.43. The molecule has 0 saturated heterocycles. The summed E-state index contributed by atoms with van der Waals surface area (Å²) in [5.74, 6) is -1.20. The number of benzene rings is 1. The van der Waals surface area contributed by atoms with Crippen molar-refractivity contribution in [1.82, 2.24) is 5.32 Å². The van der Waals surface area contributed by atoms with Gasteiger partial charge in [-0.3, -0.25) is 9.00 Å². The highest BCUT2D eigenvalue weighted by molar-refractivity contribution is 7.85. The van der Waals surface area contributed by atoms with E-state index < -0.39 is 16.6 Å². The summed E-state index contributed by atoms with van der Waals surface area (Å²) in [6.07, 6.45) is 0.